The molecule has 3 heteroatoms. The molecule has 0 bridgehead atoms. The Hall–Kier alpha value is -1.09. The molecule has 104 valence electrons. The predicted molar refractivity (Wildman–Crippen MR) is 76.3 cm³/mol. The molecule has 0 aromatic carbocycles. The van der Waals surface area contributed by atoms with Gasteiger partial charge in [-0.2, -0.15) is 0 Å². The van der Waals surface area contributed by atoms with E-state index in [-0.39, 0.29) is 0 Å². The van der Waals surface area contributed by atoms with E-state index in [1.807, 2.05) is 6.92 Å². The highest BCUT2D eigenvalue weighted by atomic mass is 16.5. The number of hydrogen-bond acceptors (Lipinski definition) is 3. The van der Waals surface area contributed by atoms with Gasteiger partial charge in [-0.3, -0.25) is 0 Å². The van der Waals surface area contributed by atoms with Gasteiger partial charge in [-0.25, -0.2) is 4.98 Å². The maximum absolute atomic E-state index is 5.89. The van der Waals surface area contributed by atoms with E-state index in [0.717, 1.165) is 36.7 Å². The van der Waals surface area contributed by atoms with Crippen LogP contribution in [0.3, 0.4) is 0 Å². The van der Waals surface area contributed by atoms with Crippen molar-refractivity contribution in [3.05, 3.63) is 23.4 Å². The van der Waals surface area contributed by atoms with Crippen molar-refractivity contribution in [3.8, 4) is 5.88 Å². The smallest absolute Gasteiger partial charge is 0.213 e. The second-order valence-electron chi connectivity index (χ2n) is 6.07. The average molecular weight is 260 g/mol. The van der Waals surface area contributed by atoms with Crippen molar-refractivity contribution in [2.75, 3.05) is 6.61 Å². The second-order valence-corrected chi connectivity index (χ2v) is 6.07. The first-order valence-corrected chi connectivity index (χ1v) is 7.63. The summed E-state index contributed by atoms with van der Waals surface area (Å²) in [4.78, 5) is 4.49. The third-order valence-electron chi connectivity index (χ3n) is 4.10. The maximum Gasteiger partial charge on any atom is 0.213 e. The molecule has 3 nitrogen and oxygen atoms in total. The minimum atomic E-state index is 0.746. The van der Waals surface area contributed by atoms with Crippen LogP contribution < -0.4 is 10.1 Å². The van der Waals surface area contributed by atoms with Gasteiger partial charge in [0.05, 0.1) is 6.61 Å². The molecule has 19 heavy (non-hydrogen) atoms. The largest absolute Gasteiger partial charge is 0.477 e. The van der Waals surface area contributed by atoms with Crippen LogP contribution in [0.4, 0.5) is 0 Å². The number of nitrogens with zero attached hydrogens (tertiary/aromatic N) is 1. The Balaban J connectivity index is 1.56. The third kappa shape index (κ3) is 3.93. The SMILES string of the molecule is Cc1cc(CNC2CC2)cc(OCC2CCCC2)n1. The summed E-state index contributed by atoms with van der Waals surface area (Å²) in [5.41, 5.74) is 2.34. The van der Waals surface area contributed by atoms with Gasteiger partial charge in [0.25, 0.3) is 0 Å². The molecule has 1 aromatic heterocycles. The molecular weight excluding hydrogens is 236 g/mol. The number of nitrogens with one attached hydrogen (secondary N) is 1. The van der Waals surface area contributed by atoms with E-state index in [2.05, 4.69) is 22.4 Å². The molecule has 2 fully saturated rings. The van der Waals surface area contributed by atoms with Crippen molar-refractivity contribution < 1.29 is 4.74 Å². The third-order valence-corrected chi connectivity index (χ3v) is 4.10. The second kappa shape index (κ2) is 5.91. The monoisotopic (exact) mass is 260 g/mol. The van der Waals surface area contributed by atoms with Gasteiger partial charge in [-0.05, 0) is 50.2 Å². The molecule has 3 rings (SSSR count). The Kier molecular flexibility index (Phi) is 4.02. The summed E-state index contributed by atoms with van der Waals surface area (Å²) in [6.07, 6.45) is 8.03. The van der Waals surface area contributed by atoms with Crippen LogP contribution in [0.5, 0.6) is 5.88 Å². The number of aryl methyl sites for hydroxylation is 1. The Morgan fingerprint density at radius 3 is 2.74 bits per heavy atom. The molecule has 0 radical (unpaired) electrons. The van der Waals surface area contributed by atoms with Gasteiger partial charge in [0.1, 0.15) is 0 Å². The number of pyridine rings is 1. The van der Waals surface area contributed by atoms with E-state index in [0.29, 0.717) is 0 Å². The van der Waals surface area contributed by atoms with Gasteiger partial charge in [0.15, 0.2) is 0 Å². The molecule has 2 saturated carbocycles. The summed E-state index contributed by atoms with van der Waals surface area (Å²) in [7, 11) is 0. The lowest BCUT2D eigenvalue weighted by Gasteiger charge is -2.12. The van der Waals surface area contributed by atoms with Crippen LogP contribution >= 0.6 is 0 Å². The lowest BCUT2D eigenvalue weighted by Crippen LogP contribution is -2.16. The van der Waals surface area contributed by atoms with Crippen molar-refractivity contribution in [1.29, 1.82) is 0 Å². The van der Waals surface area contributed by atoms with E-state index < -0.39 is 0 Å². The van der Waals surface area contributed by atoms with Crippen LogP contribution in [0, 0.1) is 12.8 Å². The number of hydrogen-bond donors (Lipinski definition) is 1. The molecule has 1 aromatic rings. The van der Waals surface area contributed by atoms with Crippen molar-refractivity contribution >= 4 is 0 Å². The first-order valence-electron chi connectivity index (χ1n) is 7.63. The predicted octanol–water partition coefficient (Wildman–Crippen LogP) is 3.21. The molecule has 0 atom stereocenters. The van der Waals surface area contributed by atoms with Gasteiger partial charge in [0.2, 0.25) is 5.88 Å². The lowest BCUT2D eigenvalue weighted by molar-refractivity contribution is 0.243. The maximum atomic E-state index is 5.89. The topological polar surface area (TPSA) is 34.1 Å². The molecule has 2 aliphatic rings. The molecule has 0 aliphatic heterocycles. The zero-order valence-corrected chi connectivity index (χ0v) is 11.8. The molecule has 1 heterocycles. The highest BCUT2D eigenvalue weighted by Gasteiger charge is 2.20. The van der Waals surface area contributed by atoms with Crippen molar-refractivity contribution in [2.24, 2.45) is 5.92 Å². The van der Waals surface area contributed by atoms with Crippen molar-refractivity contribution in [1.82, 2.24) is 10.3 Å². The van der Waals surface area contributed by atoms with Crippen LogP contribution in [0.15, 0.2) is 12.1 Å². The zero-order chi connectivity index (χ0) is 13.1. The molecule has 0 unspecified atom stereocenters. The first kappa shape index (κ1) is 12.9. The summed E-state index contributed by atoms with van der Waals surface area (Å²) in [6, 6.07) is 4.99. The molecule has 0 saturated heterocycles. The molecule has 2 aliphatic carbocycles. The summed E-state index contributed by atoms with van der Waals surface area (Å²) in [5, 5.41) is 3.54. The fraction of sp³-hybridized carbons (Fsp3) is 0.688. The Morgan fingerprint density at radius 1 is 1.21 bits per heavy atom. The Labute approximate surface area is 115 Å². The fourth-order valence-corrected chi connectivity index (χ4v) is 2.81. The van der Waals surface area contributed by atoms with Crippen LogP contribution in [0.1, 0.15) is 49.8 Å². The highest BCUT2D eigenvalue weighted by molar-refractivity contribution is 5.24. The van der Waals surface area contributed by atoms with Gasteiger partial charge in [0, 0.05) is 24.3 Å². The molecule has 1 N–H and O–H groups in total. The number of ether oxygens (including phenoxy) is 1. The standard InChI is InChI=1S/C16H24N2O/c1-12-8-14(10-17-15-6-7-15)9-16(18-12)19-11-13-4-2-3-5-13/h8-9,13,15,17H,2-7,10-11H2,1H3. The highest BCUT2D eigenvalue weighted by Crippen LogP contribution is 2.25. The lowest BCUT2D eigenvalue weighted by atomic mass is 10.1. The molecular formula is C16H24N2O. The van der Waals surface area contributed by atoms with E-state index in [9.17, 15) is 0 Å². The van der Waals surface area contributed by atoms with Gasteiger partial charge < -0.3 is 10.1 Å². The van der Waals surface area contributed by atoms with Gasteiger partial charge in [-0.1, -0.05) is 12.8 Å². The number of rotatable bonds is 6. The summed E-state index contributed by atoms with van der Waals surface area (Å²) in [5.74, 6) is 1.55. The average Bonchev–Trinajstić information content (AvgIpc) is 3.08. The summed E-state index contributed by atoms with van der Waals surface area (Å²) < 4.78 is 5.89. The molecule has 0 spiro atoms. The minimum absolute atomic E-state index is 0.746. The quantitative estimate of drug-likeness (QED) is 0.853. The van der Waals surface area contributed by atoms with Crippen LogP contribution in [0.2, 0.25) is 0 Å². The number of aromatic nitrogens is 1. The van der Waals surface area contributed by atoms with E-state index in [1.165, 1.54) is 44.1 Å². The molecule has 0 amide bonds. The fourth-order valence-electron chi connectivity index (χ4n) is 2.81. The van der Waals surface area contributed by atoms with E-state index >= 15 is 0 Å². The van der Waals surface area contributed by atoms with Crippen LogP contribution in [-0.2, 0) is 6.54 Å². The van der Waals surface area contributed by atoms with Crippen LogP contribution in [-0.4, -0.2) is 17.6 Å². The minimum Gasteiger partial charge on any atom is -0.477 e. The van der Waals surface area contributed by atoms with Crippen molar-refractivity contribution in [3.63, 3.8) is 0 Å². The van der Waals surface area contributed by atoms with E-state index in [4.69, 9.17) is 4.74 Å². The normalized spacial score (nSPS) is 19.8. The van der Waals surface area contributed by atoms with Gasteiger partial charge in [-0.15, -0.1) is 0 Å². The Morgan fingerprint density at radius 2 is 2.00 bits per heavy atom. The van der Waals surface area contributed by atoms with Gasteiger partial charge >= 0.3 is 0 Å². The van der Waals surface area contributed by atoms with Crippen LogP contribution in [0.25, 0.3) is 0 Å². The zero-order valence-electron chi connectivity index (χ0n) is 11.8. The van der Waals surface area contributed by atoms with E-state index in [1.54, 1.807) is 0 Å². The summed E-state index contributed by atoms with van der Waals surface area (Å²) >= 11 is 0. The van der Waals surface area contributed by atoms with Crippen molar-refractivity contribution in [2.45, 2.75) is 58.0 Å². The Bertz CT molecular complexity index is 423. The summed E-state index contributed by atoms with van der Waals surface area (Å²) in [6.45, 7) is 3.82. The first-order chi connectivity index (χ1) is 9.29.